The van der Waals surface area contributed by atoms with Crippen LogP contribution in [0.4, 0.5) is 4.39 Å². The first kappa shape index (κ1) is 13.7. The van der Waals surface area contributed by atoms with Gasteiger partial charge in [0, 0.05) is 17.2 Å². The second-order valence-electron chi connectivity index (χ2n) is 4.85. The van der Waals surface area contributed by atoms with Crippen LogP contribution >= 0.6 is 11.8 Å². The zero-order valence-corrected chi connectivity index (χ0v) is 11.3. The van der Waals surface area contributed by atoms with Crippen LogP contribution in [-0.4, -0.2) is 51.4 Å². The monoisotopic (exact) mass is 299 g/mol. The number of hydrogen-bond donors (Lipinski definition) is 2. The van der Waals surface area contributed by atoms with Crippen molar-refractivity contribution < 1.29 is 24.1 Å². The van der Waals surface area contributed by atoms with Gasteiger partial charge in [0.05, 0.1) is 6.04 Å². The molecule has 0 bridgehead atoms. The lowest BCUT2D eigenvalue weighted by Crippen LogP contribution is -2.51. The number of benzene rings is 1. The Hall–Kier alpha value is -1.31. The minimum absolute atomic E-state index is 0.0648. The van der Waals surface area contributed by atoms with E-state index in [2.05, 4.69) is 0 Å². The second-order valence-corrected chi connectivity index (χ2v) is 5.85. The summed E-state index contributed by atoms with van der Waals surface area (Å²) < 4.78 is 19.0. The Labute approximate surface area is 119 Å². The van der Waals surface area contributed by atoms with Crippen LogP contribution in [0, 0.1) is 5.82 Å². The number of rotatable bonds is 2. The molecule has 0 amide bonds. The number of carbonyl (C=O) groups is 1. The maximum atomic E-state index is 13.6. The maximum absolute atomic E-state index is 13.6. The fourth-order valence-electron chi connectivity index (χ4n) is 2.65. The number of fused-ring (bicyclic) bond motifs is 1. The lowest BCUT2D eigenvalue weighted by molar-refractivity contribution is -0.144. The van der Waals surface area contributed by atoms with E-state index in [9.17, 15) is 19.4 Å². The number of aliphatic hydroxyl groups excluding tert-OH is 1. The molecule has 0 aromatic heterocycles. The van der Waals surface area contributed by atoms with Gasteiger partial charge in [-0.2, -0.15) is 0 Å². The number of ether oxygens (including phenoxy) is 1. The van der Waals surface area contributed by atoms with Gasteiger partial charge < -0.3 is 14.9 Å². The standard InChI is InChI=1S/C13H14FNO4S/c14-8-3-1-2-7-11(16)9(4-19-12(7)8)15-6-20-5-10(15)13(17)18/h1-3,9-11,16H,4-6H2,(H,17,18). The van der Waals surface area contributed by atoms with E-state index in [0.717, 1.165) is 0 Å². The Morgan fingerprint density at radius 1 is 1.50 bits per heavy atom. The average Bonchev–Trinajstić information content (AvgIpc) is 2.89. The van der Waals surface area contributed by atoms with E-state index in [0.29, 0.717) is 17.2 Å². The highest BCUT2D eigenvalue weighted by atomic mass is 32.2. The molecule has 3 atom stereocenters. The summed E-state index contributed by atoms with van der Waals surface area (Å²) in [5.74, 6) is -0.353. The van der Waals surface area contributed by atoms with Gasteiger partial charge in [-0.3, -0.25) is 9.69 Å². The van der Waals surface area contributed by atoms with Crippen molar-refractivity contribution in [3.63, 3.8) is 0 Å². The number of nitrogens with zero attached hydrogens (tertiary/aromatic N) is 1. The van der Waals surface area contributed by atoms with Gasteiger partial charge in [0.15, 0.2) is 11.6 Å². The molecule has 2 heterocycles. The molecule has 3 unspecified atom stereocenters. The van der Waals surface area contributed by atoms with Gasteiger partial charge in [0.25, 0.3) is 0 Å². The molecule has 0 radical (unpaired) electrons. The average molecular weight is 299 g/mol. The molecule has 108 valence electrons. The summed E-state index contributed by atoms with van der Waals surface area (Å²) in [6.45, 7) is 0.0828. The van der Waals surface area contributed by atoms with Crippen LogP contribution in [0.2, 0.25) is 0 Å². The molecule has 3 rings (SSSR count). The molecule has 1 aromatic carbocycles. The molecule has 5 nitrogen and oxygen atoms in total. The molecule has 7 heteroatoms. The summed E-state index contributed by atoms with van der Waals surface area (Å²) >= 11 is 1.50. The van der Waals surface area contributed by atoms with E-state index < -0.39 is 30.0 Å². The first-order chi connectivity index (χ1) is 9.59. The third-order valence-electron chi connectivity index (χ3n) is 3.71. The first-order valence-electron chi connectivity index (χ1n) is 6.25. The number of aliphatic carboxylic acids is 1. The summed E-state index contributed by atoms with van der Waals surface area (Å²) in [5, 5.41) is 19.6. The largest absolute Gasteiger partial charge is 0.488 e. The predicted molar refractivity (Wildman–Crippen MR) is 71.2 cm³/mol. The van der Waals surface area contributed by atoms with Gasteiger partial charge in [0.2, 0.25) is 0 Å². The molecule has 1 saturated heterocycles. The van der Waals surface area contributed by atoms with Crippen LogP contribution in [0.25, 0.3) is 0 Å². The molecular weight excluding hydrogens is 285 g/mol. The zero-order valence-electron chi connectivity index (χ0n) is 10.5. The lowest BCUT2D eigenvalue weighted by atomic mass is 9.97. The molecule has 2 N–H and O–H groups in total. The van der Waals surface area contributed by atoms with Gasteiger partial charge in [-0.1, -0.05) is 12.1 Å². The maximum Gasteiger partial charge on any atom is 0.321 e. The molecule has 2 aliphatic heterocycles. The topological polar surface area (TPSA) is 70.0 Å². The number of halogens is 1. The van der Waals surface area contributed by atoms with Crippen molar-refractivity contribution in [3.8, 4) is 5.75 Å². The Balaban J connectivity index is 1.89. The molecule has 1 fully saturated rings. The van der Waals surface area contributed by atoms with E-state index in [4.69, 9.17) is 4.74 Å². The van der Waals surface area contributed by atoms with Crippen molar-refractivity contribution in [2.24, 2.45) is 0 Å². The summed E-state index contributed by atoms with van der Waals surface area (Å²) in [7, 11) is 0. The predicted octanol–water partition coefficient (Wildman–Crippen LogP) is 1.08. The molecule has 0 aliphatic carbocycles. The van der Waals surface area contributed by atoms with Gasteiger partial charge in [-0.05, 0) is 6.07 Å². The Bertz CT molecular complexity index is 541. The summed E-state index contributed by atoms with van der Waals surface area (Å²) in [5.41, 5.74) is 0.377. The first-order valence-corrected chi connectivity index (χ1v) is 7.40. The van der Waals surface area contributed by atoms with E-state index in [-0.39, 0.29) is 12.4 Å². The van der Waals surface area contributed by atoms with Crippen molar-refractivity contribution in [1.82, 2.24) is 4.90 Å². The van der Waals surface area contributed by atoms with Crippen LogP contribution in [0.3, 0.4) is 0 Å². The number of carboxylic acid groups (broad SMARTS) is 1. The number of para-hydroxylation sites is 1. The van der Waals surface area contributed by atoms with Crippen molar-refractivity contribution in [2.45, 2.75) is 18.2 Å². The fraction of sp³-hybridized carbons (Fsp3) is 0.462. The van der Waals surface area contributed by atoms with Crippen LogP contribution < -0.4 is 4.74 Å². The van der Waals surface area contributed by atoms with Crippen molar-refractivity contribution in [3.05, 3.63) is 29.6 Å². The molecule has 1 aromatic rings. The molecular formula is C13H14FNO4S. The Morgan fingerprint density at radius 3 is 3.05 bits per heavy atom. The highest BCUT2D eigenvalue weighted by Crippen LogP contribution is 2.38. The van der Waals surface area contributed by atoms with E-state index in [1.165, 1.54) is 23.9 Å². The Morgan fingerprint density at radius 2 is 2.30 bits per heavy atom. The third kappa shape index (κ3) is 2.15. The van der Waals surface area contributed by atoms with Crippen LogP contribution in [0.15, 0.2) is 18.2 Å². The fourth-order valence-corrected chi connectivity index (χ4v) is 3.90. The normalized spacial score (nSPS) is 29.8. The minimum Gasteiger partial charge on any atom is -0.488 e. The highest BCUT2D eigenvalue weighted by Gasteiger charge is 2.42. The van der Waals surface area contributed by atoms with E-state index >= 15 is 0 Å². The molecule has 2 aliphatic rings. The second kappa shape index (κ2) is 5.23. The molecule has 0 spiro atoms. The molecule has 20 heavy (non-hydrogen) atoms. The number of thioether (sulfide) groups is 1. The van der Waals surface area contributed by atoms with Crippen LogP contribution in [0.1, 0.15) is 11.7 Å². The lowest BCUT2D eigenvalue weighted by Gasteiger charge is -2.37. The summed E-state index contributed by atoms with van der Waals surface area (Å²) in [4.78, 5) is 12.9. The van der Waals surface area contributed by atoms with Gasteiger partial charge in [-0.25, -0.2) is 4.39 Å². The van der Waals surface area contributed by atoms with E-state index in [1.807, 2.05) is 0 Å². The highest BCUT2D eigenvalue weighted by molar-refractivity contribution is 7.99. The van der Waals surface area contributed by atoms with Gasteiger partial charge >= 0.3 is 5.97 Å². The van der Waals surface area contributed by atoms with Crippen molar-refractivity contribution >= 4 is 17.7 Å². The molecule has 0 saturated carbocycles. The zero-order chi connectivity index (χ0) is 14.3. The number of aliphatic hydroxyl groups is 1. The third-order valence-corrected chi connectivity index (χ3v) is 4.74. The van der Waals surface area contributed by atoms with E-state index in [1.54, 1.807) is 11.0 Å². The number of hydrogen-bond acceptors (Lipinski definition) is 5. The summed E-state index contributed by atoms with van der Waals surface area (Å²) in [6.07, 6.45) is -0.949. The van der Waals surface area contributed by atoms with Gasteiger partial charge in [0.1, 0.15) is 18.8 Å². The Kier molecular flexibility index (Phi) is 3.57. The minimum atomic E-state index is -0.949. The smallest absolute Gasteiger partial charge is 0.321 e. The van der Waals surface area contributed by atoms with Gasteiger partial charge in [-0.15, -0.1) is 11.8 Å². The van der Waals surface area contributed by atoms with Crippen molar-refractivity contribution in [2.75, 3.05) is 18.2 Å². The van der Waals surface area contributed by atoms with Crippen LogP contribution in [-0.2, 0) is 4.79 Å². The van der Waals surface area contributed by atoms with Crippen molar-refractivity contribution in [1.29, 1.82) is 0 Å². The summed E-state index contributed by atoms with van der Waals surface area (Å²) in [6, 6.07) is 3.28. The SMILES string of the molecule is O=C(O)C1CSCN1C1COc2c(F)cccc2C1O. The quantitative estimate of drug-likeness (QED) is 0.851. The number of carboxylic acids is 1. The van der Waals surface area contributed by atoms with Crippen LogP contribution in [0.5, 0.6) is 5.75 Å².